The van der Waals surface area contributed by atoms with Gasteiger partial charge < -0.3 is 10.1 Å². The van der Waals surface area contributed by atoms with E-state index in [2.05, 4.69) is 10.4 Å². The number of carbonyl (C=O) groups excluding carboxylic acids is 1. The van der Waals surface area contributed by atoms with Crippen molar-refractivity contribution in [1.29, 1.82) is 0 Å². The van der Waals surface area contributed by atoms with Crippen LogP contribution in [0.4, 0.5) is 8.78 Å². The number of ether oxygens (including phenoxy) is 1. The van der Waals surface area contributed by atoms with Gasteiger partial charge in [0.25, 0.3) is 5.56 Å². The first kappa shape index (κ1) is 19.2. The van der Waals surface area contributed by atoms with Crippen molar-refractivity contribution < 1.29 is 18.3 Å². The molecule has 2 aromatic carbocycles. The Hall–Kier alpha value is -3.55. The van der Waals surface area contributed by atoms with Crippen molar-refractivity contribution in [3.63, 3.8) is 0 Å². The van der Waals surface area contributed by atoms with Gasteiger partial charge in [0, 0.05) is 29.8 Å². The Morgan fingerprint density at radius 3 is 2.54 bits per heavy atom. The van der Waals surface area contributed by atoms with E-state index >= 15 is 0 Å². The molecule has 0 saturated heterocycles. The Bertz CT molecular complexity index is 1050. The van der Waals surface area contributed by atoms with Crippen molar-refractivity contribution >= 4 is 5.91 Å². The van der Waals surface area contributed by atoms with Crippen LogP contribution < -0.4 is 15.6 Å². The third-order valence-corrected chi connectivity index (χ3v) is 4.04. The molecule has 0 aliphatic rings. The Morgan fingerprint density at radius 1 is 1.11 bits per heavy atom. The molecule has 1 N–H and O–H groups in total. The number of hydrogen-bond donors (Lipinski definition) is 1. The van der Waals surface area contributed by atoms with E-state index in [4.69, 9.17) is 4.74 Å². The van der Waals surface area contributed by atoms with Gasteiger partial charge >= 0.3 is 0 Å². The van der Waals surface area contributed by atoms with Gasteiger partial charge in [0.05, 0.1) is 12.8 Å². The fraction of sp³-hybridized carbons (Fsp3) is 0.150. The van der Waals surface area contributed by atoms with Crippen molar-refractivity contribution in [2.75, 3.05) is 7.11 Å². The highest BCUT2D eigenvalue weighted by Gasteiger charge is 2.10. The van der Waals surface area contributed by atoms with Crippen molar-refractivity contribution in [1.82, 2.24) is 15.1 Å². The van der Waals surface area contributed by atoms with Gasteiger partial charge in [0.15, 0.2) is 0 Å². The number of carbonyl (C=O) groups is 1. The monoisotopic (exact) mass is 385 g/mol. The Kier molecular flexibility index (Phi) is 5.78. The van der Waals surface area contributed by atoms with Crippen LogP contribution in [-0.2, 0) is 17.9 Å². The standard InChI is InChI=1S/C20H17F2N3O3/c1-28-16-6-3-13(4-7-16)18-8-9-20(27)25(24-18)12-19(26)23-11-14-2-5-15(21)10-17(14)22/h2-10H,11-12H2,1H3,(H,23,26). The third kappa shape index (κ3) is 4.59. The largest absolute Gasteiger partial charge is 0.497 e. The van der Waals surface area contributed by atoms with Crippen LogP contribution >= 0.6 is 0 Å². The molecule has 0 radical (unpaired) electrons. The lowest BCUT2D eigenvalue weighted by Gasteiger charge is -2.09. The molecule has 0 unspecified atom stereocenters. The van der Waals surface area contributed by atoms with Crippen LogP contribution in [0.2, 0.25) is 0 Å². The first-order chi connectivity index (χ1) is 13.5. The minimum atomic E-state index is -0.753. The van der Waals surface area contributed by atoms with E-state index in [0.29, 0.717) is 11.4 Å². The van der Waals surface area contributed by atoms with E-state index in [0.717, 1.165) is 22.4 Å². The molecule has 0 aliphatic carbocycles. The topological polar surface area (TPSA) is 73.2 Å². The summed E-state index contributed by atoms with van der Waals surface area (Å²) in [6.45, 7) is -0.455. The quantitative estimate of drug-likeness (QED) is 0.708. The first-order valence-corrected chi connectivity index (χ1v) is 8.39. The van der Waals surface area contributed by atoms with Gasteiger partial charge in [-0.3, -0.25) is 9.59 Å². The SMILES string of the molecule is COc1ccc(-c2ccc(=O)n(CC(=O)NCc3ccc(F)cc3F)n2)cc1. The van der Waals surface area contributed by atoms with E-state index in [1.54, 1.807) is 37.4 Å². The Morgan fingerprint density at radius 2 is 1.86 bits per heavy atom. The predicted octanol–water partition coefficient (Wildman–Crippen LogP) is 2.51. The normalized spacial score (nSPS) is 10.5. The van der Waals surface area contributed by atoms with Crippen LogP contribution in [0, 0.1) is 11.6 Å². The number of rotatable bonds is 6. The lowest BCUT2D eigenvalue weighted by atomic mass is 10.1. The summed E-state index contributed by atoms with van der Waals surface area (Å²) in [4.78, 5) is 24.1. The van der Waals surface area contributed by atoms with Crippen LogP contribution in [0.5, 0.6) is 5.75 Å². The van der Waals surface area contributed by atoms with Crippen LogP contribution in [0.1, 0.15) is 5.56 Å². The van der Waals surface area contributed by atoms with Crippen molar-refractivity contribution in [2.45, 2.75) is 13.1 Å². The highest BCUT2D eigenvalue weighted by molar-refractivity contribution is 5.75. The minimum absolute atomic E-state index is 0.127. The number of nitrogens with one attached hydrogen (secondary N) is 1. The predicted molar refractivity (Wildman–Crippen MR) is 98.7 cm³/mol. The molecule has 0 bridgehead atoms. The van der Waals surface area contributed by atoms with Gasteiger partial charge in [0.1, 0.15) is 23.9 Å². The van der Waals surface area contributed by atoms with Crippen molar-refractivity contribution in [3.05, 3.63) is 82.1 Å². The molecule has 8 heteroatoms. The molecule has 144 valence electrons. The molecule has 1 amide bonds. The smallest absolute Gasteiger partial charge is 0.267 e. The zero-order valence-electron chi connectivity index (χ0n) is 15.0. The van der Waals surface area contributed by atoms with E-state index < -0.39 is 23.1 Å². The van der Waals surface area contributed by atoms with E-state index in [1.165, 1.54) is 12.1 Å². The van der Waals surface area contributed by atoms with E-state index in [-0.39, 0.29) is 18.7 Å². The van der Waals surface area contributed by atoms with Crippen molar-refractivity contribution in [2.24, 2.45) is 0 Å². The van der Waals surface area contributed by atoms with Gasteiger partial charge in [0.2, 0.25) is 5.91 Å². The number of halogens is 2. The molecular weight excluding hydrogens is 368 g/mol. The molecule has 0 aliphatic heterocycles. The summed E-state index contributed by atoms with van der Waals surface area (Å²) in [5.41, 5.74) is 0.963. The van der Waals surface area contributed by atoms with Crippen LogP contribution in [0.25, 0.3) is 11.3 Å². The first-order valence-electron chi connectivity index (χ1n) is 8.39. The van der Waals surface area contributed by atoms with Gasteiger partial charge in [-0.15, -0.1) is 0 Å². The van der Waals surface area contributed by atoms with Crippen LogP contribution in [0.15, 0.2) is 59.4 Å². The van der Waals surface area contributed by atoms with Gasteiger partial charge in [-0.2, -0.15) is 5.10 Å². The highest BCUT2D eigenvalue weighted by atomic mass is 19.1. The molecule has 0 fully saturated rings. The van der Waals surface area contributed by atoms with Gasteiger partial charge in [-0.1, -0.05) is 6.07 Å². The zero-order chi connectivity index (χ0) is 20.1. The summed E-state index contributed by atoms with van der Waals surface area (Å²) in [5, 5.41) is 6.69. The summed E-state index contributed by atoms with van der Waals surface area (Å²) in [6.07, 6.45) is 0. The molecule has 0 saturated carbocycles. The maximum absolute atomic E-state index is 13.6. The average Bonchev–Trinajstić information content (AvgIpc) is 2.69. The maximum atomic E-state index is 13.6. The molecule has 1 aromatic heterocycles. The number of hydrogen-bond acceptors (Lipinski definition) is 4. The maximum Gasteiger partial charge on any atom is 0.267 e. The number of nitrogens with zero attached hydrogens (tertiary/aromatic N) is 2. The Labute approximate surface area is 159 Å². The number of benzene rings is 2. The molecule has 6 nitrogen and oxygen atoms in total. The molecule has 3 aromatic rings. The molecule has 0 atom stereocenters. The summed E-state index contributed by atoms with van der Waals surface area (Å²) in [7, 11) is 1.56. The molecular formula is C20H17F2N3O3. The molecule has 3 rings (SSSR count). The highest BCUT2D eigenvalue weighted by Crippen LogP contribution is 2.19. The molecule has 0 spiro atoms. The van der Waals surface area contributed by atoms with Crippen LogP contribution in [-0.4, -0.2) is 22.8 Å². The second-order valence-corrected chi connectivity index (χ2v) is 5.96. The van der Waals surface area contributed by atoms with E-state index in [9.17, 15) is 18.4 Å². The zero-order valence-corrected chi connectivity index (χ0v) is 15.0. The number of methoxy groups -OCH3 is 1. The second-order valence-electron chi connectivity index (χ2n) is 5.96. The lowest BCUT2D eigenvalue weighted by Crippen LogP contribution is -2.33. The fourth-order valence-corrected chi connectivity index (χ4v) is 2.53. The van der Waals surface area contributed by atoms with Gasteiger partial charge in [-0.05, 0) is 36.4 Å². The minimum Gasteiger partial charge on any atom is -0.497 e. The number of aromatic nitrogens is 2. The van der Waals surface area contributed by atoms with E-state index in [1.807, 2.05) is 0 Å². The lowest BCUT2D eigenvalue weighted by molar-refractivity contribution is -0.122. The van der Waals surface area contributed by atoms with Crippen LogP contribution in [0.3, 0.4) is 0 Å². The third-order valence-electron chi connectivity index (χ3n) is 4.04. The van der Waals surface area contributed by atoms with Crippen molar-refractivity contribution in [3.8, 4) is 17.0 Å². The fourth-order valence-electron chi connectivity index (χ4n) is 2.53. The molecule has 1 heterocycles. The second kappa shape index (κ2) is 8.43. The summed E-state index contributed by atoms with van der Waals surface area (Å²) in [6, 6.07) is 13.1. The van der Waals surface area contributed by atoms with Gasteiger partial charge in [-0.25, -0.2) is 13.5 Å². The molecule has 28 heavy (non-hydrogen) atoms. The summed E-state index contributed by atoms with van der Waals surface area (Å²) in [5.74, 6) is -1.29. The Balaban J connectivity index is 1.70. The summed E-state index contributed by atoms with van der Waals surface area (Å²) >= 11 is 0. The average molecular weight is 385 g/mol. The number of amides is 1. The summed E-state index contributed by atoms with van der Waals surface area (Å²) < 4.78 is 32.7.